The van der Waals surface area contributed by atoms with Crippen LogP contribution in [0, 0.1) is 11.8 Å². The smallest absolute Gasteiger partial charge is 0.0443 e. The first-order valence-corrected chi connectivity index (χ1v) is 9.70. The quantitative estimate of drug-likeness (QED) is 0.269. The maximum Gasteiger partial charge on any atom is -0.0443 e. The third kappa shape index (κ3) is 14.4. The molecule has 0 heteroatoms. The maximum absolute atomic E-state index is 2.45. The molecular weight excluding hydrogens is 240 g/mol. The summed E-state index contributed by atoms with van der Waals surface area (Å²) in [5.41, 5.74) is 0. The Morgan fingerprint density at radius 1 is 0.500 bits per heavy atom. The molecule has 0 aromatic rings. The van der Waals surface area contributed by atoms with Gasteiger partial charge in [-0.25, -0.2) is 0 Å². The summed E-state index contributed by atoms with van der Waals surface area (Å²) in [6.45, 7) is 9.46. The van der Waals surface area contributed by atoms with Gasteiger partial charge in [0.1, 0.15) is 0 Å². The first-order valence-electron chi connectivity index (χ1n) is 9.70. The highest BCUT2D eigenvalue weighted by molar-refractivity contribution is 4.58. The fraction of sp³-hybridized carbons (Fsp3) is 1.00. The van der Waals surface area contributed by atoms with Crippen molar-refractivity contribution in [2.45, 2.75) is 118 Å². The third-order valence-corrected chi connectivity index (χ3v) is 4.90. The van der Waals surface area contributed by atoms with Gasteiger partial charge in [-0.05, 0) is 11.8 Å². The fourth-order valence-electron chi connectivity index (χ4n) is 2.90. The topological polar surface area (TPSA) is 0 Å². The second-order valence-electron chi connectivity index (χ2n) is 7.17. The molecule has 0 amide bonds. The Morgan fingerprint density at radius 2 is 0.950 bits per heavy atom. The van der Waals surface area contributed by atoms with Crippen LogP contribution in [0.1, 0.15) is 118 Å². The van der Waals surface area contributed by atoms with Gasteiger partial charge in [-0.15, -0.1) is 0 Å². The van der Waals surface area contributed by atoms with Gasteiger partial charge in [0.05, 0.1) is 0 Å². The Hall–Kier alpha value is 0. The van der Waals surface area contributed by atoms with Crippen LogP contribution in [0.25, 0.3) is 0 Å². The van der Waals surface area contributed by atoms with Crippen LogP contribution < -0.4 is 0 Å². The van der Waals surface area contributed by atoms with Crippen molar-refractivity contribution in [1.29, 1.82) is 0 Å². The molecule has 2 atom stereocenters. The van der Waals surface area contributed by atoms with Gasteiger partial charge in [-0.1, -0.05) is 118 Å². The van der Waals surface area contributed by atoms with Crippen LogP contribution in [0.5, 0.6) is 0 Å². The molecule has 0 saturated heterocycles. The van der Waals surface area contributed by atoms with E-state index in [0.717, 1.165) is 11.8 Å². The molecular formula is C20H42. The van der Waals surface area contributed by atoms with E-state index in [2.05, 4.69) is 27.7 Å². The predicted molar refractivity (Wildman–Crippen MR) is 94.3 cm³/mol. The fourth-order valence-corrected chi connectivity index (χ4v) is 2.90. The molecule has 0 heterocycles. The first kappa shape index (κ1) is 20.0. The molecule has 0 rings (SSSR count). The lowest BCUT2D eigenvalue weighted by Crippen LogP contribution is -1.99. The zero-order valence-electron chi connectivity index (χ0n) is 15.1. The van der Waals surface area contributed by atoms with Crippen molar-refractivity contribution in [1.82, 2.24) is 0 Å². The SMILES string of the molecule is CCCCCCCCCCCCC(C)CCC(C)CC. The van der Waals surface area contributed by atoms with Gasteiger partial charge in [0.2, 0.25) is 0 Å². The highest BCUT2D eigenvalue weighted by atomic mass is 14.1. The highest BCUT2D eigenvalue weighted by Gasteiger charge is 2.05. The van der Waals surface area contributed by atoms with Crippen molar-refractivity contribution in [2.24, 2.45) is 11.8 Å². The predicted octanol–water partition coefficient (Wildman–Crippen LogP) is 7.76. The lowest BCUT2D eigenvalue weighted by Gasteiger charge is -2.14. The summed E-state index contributed by atoms with van der Waals surface area (Å²) in [7, 11) is 0. The van der Waals surface area contributed by atoms with Crippen LogP contribution in [-0.4, -0.2) is 0 Å². The van der Waals surface area contributed by atoms with Crippen LogP contribution in [0.4, 0.5) is 0 Å². The lowest BCUT2D eigenvalue weighted by molar-refractivity contribution is 0.392. The summed E-state index contributed by atoms with van der Waals surface area (Å²) in [5.74, 6) is 1.89. The summed E-state index contributed by atoms with van der Waals surface area (Å²) in [5, 5.41) is 0. The van der Waals surface area contributed by atoms with Crippen molar-refractivity contribution in [3.63, 3.8) is 0 Å². The van der Waals surface area contributed by atoms with E-state index in [0.29, 0.717) is 0 Å². The summed E-state index contributed by atoms with van der Waals surface area (Å²) in [6, 6.07) is 0. The second-order valence-corrected chi connectivity index (χ2v) is 7.17. The minimum atomic E-state index is 0.935. The molecule has 0 saturated carbocycles. The van der Waals surface area contributed by atoms with Gasteiger partial charge in [-0.3, -0.25) is 0 Å². The number of hydrogen-bond acceptors (Lipinski definition) is 0. The Kier molecular flexibility index (Phi) is 15.4. The molecule has 0 bridgehead atoms. The number of hydrogen-bond donors (Lipinski definition) is 0. The van der Waals surface area contributed by atoms with Crippen LogP contribution in [0.2, 0.25) is 0 Å². The molecule has 0 aliphatic carbocycles. The zero-order valence-corrected chi connectivity index (χ0v) is 15.1. The molecule has 0 aliphatic heterocycles. The molecule has 0 aromatic carbocycles. The van der Waals surface area contributed by atoms with Crippen LogP contribution in [0.15, 0.2) is 0 Å². The van der Waals surface area contributed by atoms with Crippen molar-refractivity contribution in [3.8, 4) is 0 Å². The first-order chi connectivity index (χ1) is 9.70. The van der Waals surface area contributed by atoms with E-state index < -0.39 is 0 Å². The van der Waals surface area contributed by atoms with Gasteiger partial charge in [-0.2, -0.15) is 0 Å². The molecule has 122 valence electrons. The summed E-state index contributed by atoms with van der Waals surface area (Å²) in [4.78, 5) is 0. The van der Waals surface area contributed by atoms with E-state index in [1.807, 2.05) is 0 Å². The molecule has 0 N–H and O–H groups in total. The Balaban J connectivity index is 3.15. The molecule has 20 heavy (non-hydrogen) atoms. The second kappa shape index (κ2) is 15.4. The zero-order chi connectivity index (χ0) is 15.1. The van der Waals surface area contributed by atoms with E-state index in [9.17, 15) is 0 Å². The van der Waals surface area contributed by atoms with Gasteiger partial charge in [0, 0.05) is 0 Å². The van der Waals surface area contributed by atoms with Gasteiger partial charge in [0.25, 0.3) is 0 Å². The minimum Gasteiger partial charge on any atom is -0.0654 e. The van der Waals surface area contributed by atoms with Crippen molar-refractivity contribution in [2.75, 3.05) is 0 Å². The minimum absolute atomic E-state index is 0.935. The number of rotatable bonds is 15. The molecule has 0 spiro atoms. The van der Waals surface area contributed by atoms with Crippen molar-refractivity contribution >= 4 is 0 Å². The Morgan fingerprint density at radius 3 is 1.45 bits per heavy atom. The van der Waals surface area contributed by atoms with E-state index in [4.69, 9.17) is 0 Å². The maximum atomic E-state index is 2.45. The monoisotopic (exact) mass is 282 g/mol. The molecule has 0 nitrogen and oxygen atoms in total. The molecule has 0 radical (unpaired) electrons. The molecule has 0 aromatic heterocycles. The van der Waals surface area contributed by atoms with E-state index in [1.54, 1.807) is 0 Å². The largest absolute Gasteiger partial charge is 0.0654 e. The van der Waals surface area contributed by atoms with Crippen LogP contribution >= 0.6 is 0 Å². The molecule has 0 fully saturated rings. The van der Waals surface area contributed by atoms with Gasteiger partial charge >= 0.3 is 0 Å². The molecule has 0 aliphatic rings. The molecule has 2 unspecified atom stereocenters. The Bertz CT molecular complexity index is 173. The lowest BCUT2D eigenvalue weighted by atomic mass is 9.92. The van der Waals surface area contributed by atoms with Crippen molar-refractivity contribution < 1.29 is 0 Å². The normalized spacial score (nSPS) is 14.4. The van der Waals surface area contributed by atoms with Crippen LogP contribution in [-0.2, 0) is 0 Å². The van der Waals surface area contributed by atoms with Gasteiger partial charge < -0.3 is 0 Å². The Labute approximate surface area is 130 Å². The summed E-state index contributed by atoms with van der Waals surface area (Å²) < 4.78 is 0. The number of unbranched alkanes of at least 4 members (excludes halogenated alkanes) is 9. The van der Waals surface area contributed by atoms with E-state index >= 15 is 0 Å². The van der Waals surface area contributed by atoms with Crippen LogP contribution in [0.3, 0.4) is 0 Å². The average Bonchev–Trinajstić information content (AvgIpc) is 2.46. The van der Waals surface area contributed by atoms with E-state index in [1.165, 1.54) is 89.9 Å². The standard InChI is InChI=1S/C20H42/c1-5-7-8-9-10-11-12-13-14-15-16-20(4)18-17-19(3)6-2/h19-20H,5-18H2,1-4H3. The van der Waals surface area contributed by atoms with Gasteiger partial charge in [0.15, 0.2) is 0 Å². The van der Waals surface area contributed by atoms with E-state index in [-0.39, 0.29) is 0 Å². The third-order valence-electron chi connectivity index (χ3n) is 4.90. The van der Waals surface area contributed by atoms with Crippen molar-refractivity contribution in [3.05, 3.63) is 0 Å². The summed E-state index contributed by atoms with van der Waals surface area (Å²) >= 11 is 0. The summed E-state index contributed by atoms with van der Waals surface area (Å²) in [6.07, 6.45) is 20.3. The average molecular weight is 283 g/mol. The highest BCUT2D eigenvalue weighted by Crippen LogP contribution is 2.20.